The first kappa shape index (κ1) is 12.5. The van der Waals surface area contributed by atoms with Crippen molar-refractivity contribution in [2.45, 2.75) is 31.3 Å². The van der Waals surface area contributed by atoms with E-state index in [0.29, 0.717) is 16.8 Å². The number of fused-ring (bicyclic) bond motifs is 2. The summed E-state index contributed by atoms with van der Waals surface area (Å²) in [5, 5.41) is 0.665. The summed E-state index contributed by atoms with van der Waals surface area (Å²) < 4.78 is 5.53. The Bertz CT molecular complexity index is 497. The van der Waals surface area contributed by atoms with Gasteiger partial charge in [-0.05, 0) is 43.5 Å². The third kappa shape index (κ3) is 2.61. The zero-order valence-corrected chi connectivity index (χ0v) is 11.3. The molecule has 2 bridgehead atoms. The fourth-order valence-corrected chi connectivity index (χ4v) is 2.99. The number of ether oxygens (including phenoxy) is 1. The van der Waals surface area contributed by atoms with Crippen molar-refractivity contribution >= 4 is 17.5 Å². The molecule has 19 heavy (non-hydrogen) atoms. The van der Waals surface area contributed by atoms with Gasteiger partial charge in [-0.25, -0.2) is 0 Å². The van der Waals surface area contributed by atoms with E-state index in [9.17, 15) is 4.79 Å². The smallest absolute Gasteiger partial charge is 0.261 e. The van der Waals surface area contributed by atoms with E-state index in [2.05, 4.69) is 12.2 Å². The van der Waals surface area contributed by atoms with Crippen molar-refractivity contribution < 1.29 is 9.53 Å². The summed E-state index contributed by atoms with van der Waals surface area (Å²) in [5.74, 6) is 0.754. The molecule has 1 aromatic carbocycles. The van der Waals surface area contributed by atoms with E-state index >= 15 is 0 Å². The molecule has 0 radical (unpaired) electrons. The summed E-state index contributed by atoms with van der Waals surface area (Å²) in [6, 6.07) is 7.72. The first-order chi connectivity index (χ1) is 9.24. The van der Waals surface area contributed by atoms with Crippen LogP contribution in [0.5, 0.6) is 5.75 Å². The van der Waals surface area contributed by atoms with Gasteiger partial charge in [0.05, 0.1) is 6.04 Å². The number of halogens is 1. The standard InChI is InChI=1S/C15H16ClNO2/c16-11-4-8-14(9-5-11)19-10-15(18)17-12-2-1-3-13(17)7-6-12/h1-2,4-5,8-9,12-13H,3,6-7,10H2. The Balaban J connectivity index is 1.60. The molecule has 0 aliphatic carbocycles. The molecule has 2 atom stereocenters. The van der Waals surface area contributed by atoms with Crippen molar-refractivity contribution in [3.05, 3.63) is 41.4 Å². The highest BCUT2D eigenvalue weighted by Crippen LogP contribution is 2.31. The van der Waals surface area contributed by atoms with Gasteiger partial charge >= 0.3 is 0 Å². The molecule has 0 saturated carbocycles. The number of amides is 1. The van der Waals surface area contributed by atoms with Gasteiger partial charge in [0.15, 0.2) is 6.61 Å². The number of carbonyl (C=O) groups is 1. The van der Waals surface area contributed by atoms with Crippen LogP contribution in [-0.2, 0) is 4.79 Å². The Labute approximate surface area is 117 Å². The predicted molar refractivity (Wildman–Crippen MR) is 74.4 cm³/mol. The Morgan fingerprint density at radius 3 is 2.84 bits per heavy atom. The van der Waals surface area contributed by atoms with Gasteiger partial charge in [0.2, 0.25) is 0 Å². The Kier molecular flexibility index (Phi) is 3.47. The maximum atomic E-state index is 12.2. The fourth-order valence-electron chi connectivity index (χ4n) is 2.86. The van der Waals surface area contributed by atoms with Crippen LogP contribution in [0.2, 0.25) is 5.02 Å². The summed E-state index contributed by atoms with van der Waals surface area (Å²) in [5.41, 5.74) is 0. The zero-order chi connectivity index (χ0) is 13.2. The molecule has 0 aromatic heterocycles. The molecular weight excluding hydrogens is 262 g/mol. The molecule has 2 aliphatic heterocycles. The third-order valence-corrected chi connectivity index (χ3v) is 4.03. The van der Waals surface area contributed by atoms with Crippen LogP contribution >= 0.6 is 11.6 Å². The lowest BCUT2D eigenvalue weighted by Gasteiger charge is -2.31. The average molecular weight is 278 g/mol. The van der Waals surface area contributed by atoms with Crippen LogP contribution < -0.4 is 4.74 Å². The molecule has 3 rings (SSSR count). The van der Waals surface area contributed by atoms with Gasteiger partial charge < -0.3 is 9.64 Å². The van der Waals surface area contributed by atoms with Crippen molar-refractivity contribution in [3.8, 4) is 5.75 Å². The topological polar surface area (TPSA) is 29.5 Å². The quantitative estimate of drug-likeness (QED) is 0.795. The van der Waals surface area contributed by atoms with Gasteiger partial charge in [0, 0.05) is 11.1 Å². The van der Waals surface area contributed by atoms with Crippen LogP contribution in [0.4, 0.5) is 0 Å². The molecule has 1 amide bonds. The van der Waals surface area contributed by atoms with Gasteiger partial charge in [0.1, 0.15) is 5.75 Å². The Hall–Kier alpha value is -1.48. The first-order valence-corrected chi connectivity index (χ1v) is 6.98. The summed E-state index contributed by atoms with van der Waals surface area (Å²) >= 11 is 5.80. The lowest BCUT2D eigenvalue weighted by molar-refractivity contribution is -0.135. The summed E-state index contributed by atoms with van der Waals surface area (Å²) in [6.45, 7) is 0.0997. The fraction of sp³-hybridized carbons (Fsp3) is 0.400. The minimum absolute atomic E-state index is 0.0757. The van der Waals surface area contributed by atoms with E-state index < -0.39 is 0 Å². The monoisotopic (exact) mass is 277 g/mol. The molecule has 0 spiro atoms. The molecule has 2 unspecified atom stereocenters. The molecule has 4 heteroatoms. The van der Waals surface area contributed by atoms with Crippen LogP contribution in [0.25, 0.3) is 0 Å². The van der Waals surface area contributed by atoms with E-state index in [1.807, 2.05) is 4.90 Å². The normalized spacial score (nSPS) is 24.6. The second kappa shape index (κ2) is 5.25. The highest BCUT2D eigenvalue weighted by molar-refractivity contribution is 6.30. The number of nitrogens with zero attached hydrogens (tertiary/aromatic N) is 1. The van der Waals surface area contributed by atoms with Crippen molar-refractivity contribution in [1.29, 1.82) is 0 Å². The minimum Gasteiger partial charge on any atom is -0.484 e. The van der Waals surface area contributed by atoms with E-state index in [1.54, 1.807) is 24.3 Å². The summed E-state index contributed by atoms with van der Waals surface area (Å²) in [6.07, 6.45) is 7.48. The molecule has 1 saturated heterocycles. The minimum atomic E-state index is 0.0757. The summed E-state index contributed by atoms with van der Waals surface area (Å²) in [7, 11) is 0. The molecule has 1 aromatic rings. The van der Waals surface area contributed by atoms with E-state index in [-0.39, 0.29) is 18.6 Å². The lowest BCUT2D eigenvalue weighted by atomic mass is 10.1. The average Bonchev–Trinajstić information content (AvgIpc) is 2.67. The lowest BCUT2D eigenvalue weighted by Crippen LogP contribution is -2.44. The first-order valence-electron chi connectivity index (χ1n) is 6.60. The van der Waals surface area contributed by atoms with Crippen LogP contribution in [0.3, 0.4) is 0 Å². The highest BCUT2D eigenvalue weighted by atomic mass is 35.5. The van der Waals surface area contributed by atoms with E-state index in [4.69, 9.17) is 16.3 Å². The molecule has 2 heterocycles. The van der Waals surface area contributed by atoms with Crippen LogP contribution in [0, 0.1) is 0 Å². The predicted octanol–water partition coefficient (Wildman–Crippen LogP) is 3.04. The molecule has 2 aliphatic rings. The number of rotatable bonds is 3. The van der Waals surface area contributed by atoms with Gasteiger partial charge in [-0.15, -0.1) is 0 Å². The van der Waals surface area contributed by atoms with E-state index in [1.165, 1.54) is 0 Å². The SMILES string of the molecule is O=C(COc1ccc(Cl)cc1)N1C2C=CCC1CC2. The van der Waals surface area contributed by atoms with Crippen LogP contribution in [-0.4, -0.2) is 29.5 Å². The van der Waals surface area contributed by atoms with Gasteiger partial charge in [-0.2, -0.15) is 0 Å². The van der Waals surface area contributed by atoms with Crippen molar-refractivity contribution in [2.75, 3.05) is 6.61 Å². The van der Waals surface area contributed by atoms with Gasteiger partial charge in [-0.1, -0.05) is 23.8 Å². The second-order valence-corrected chi connectivity index (χ2v) is 5.44. The largest absolute Gasteiger partial charge is 0.484 e. The number of carbonyl (C=O) groups excluding carboxylic acids is 1. The van der Waals surface area contributed by atoms with Crippen molar-refractivity contribution in [3.63, 3.8) is 0 Å². The van der Waals surface area contributed by atoms with Crippen LogP contribution in [0.1, 0.15) is 19.3 Å². The third-order valence-electron chi connectivity index (χ3n) is 3.78. The van der Waals surface area contributed by atoms with E-state index in [0.717, 1.165) is 19.3 Å². The highest BCUT2D eigenvalue weighted by Gasteiger charge is 2.36. The molecule has 3 nitrogen and oxygen atoms in total. The second-order valence-electron chi connectivity index (χ2n) is 5.01. The molecule has 1 fully saturated rings. The Morgan fingerprint density at radius 1 is 1.32 bits per heavy atom. The number of benzene rings is 1. The zero-order valence-electron chi connectivity index (χ0n) is 10.6. The van der Waals surface area contributed by atoms with Crippen molar-refractivity contribution in [1.82, 2.24) is 4.90 Å². The number of hydrogen-bond donors (Lipinski definition) is 0. The van der Waals surface area contributed by atoms with Crippen molar-refractivity contribution in [2.24, 2.45) is 0 Å². The maximum Gasteiger partial charge on any atom is 0.261 e. The molecular formula is C15H16ClNO2. The number of hydrogen-bond acceptors (Lipinski definition) is 2. The Morgan fingerprint density at radius 2 is 2.11 bits per heavy atom. The molecule has 0 N–H and O–H groups in total. The maximum absolute atomic E-state index is 12.2. The van der Waals surface area contributed by atoms with Crippen LogP contribution in [0.15, 0.2) is 36.4 Å². The summed E-state index contributed by atoms with van der Waals surface area (Å²) in [4.78, 5) is 14.2. The molecule has 100 valence electrons. The van der Waals surface area contributed by atoms with Gasteiger partial charge in [-0.3, -0.25) is 4.79 Å². The van der Waals surface area contributed by atoms with Gasteiger partial charge in [0.25, 0.3) is 5.91 Å².